The summed E-state index contributed by atoms with van der Waals surface area (Å²) in [5.41, 5.74) is 1.17. The monoisotopic (exact) mass is 554 g/mol. The molecule has 0 aliphatic carbocycles. The predicted octanol–water partition coefficient (Wildman–Crippen LogP) is 3.26. The summed E-state index contributed by atoms with van der Waals surface area (Å²) in [6.07, 6.45) is -4.37. The fraction of sp³-hybridized carbons (Fsp3) is 0.414. The third-order valence-electron chi connectivity index (χ3n) is 6.01. The average molecular weight is 555 g/mol. The van der Waals surface area contributed by atoms with Crippen molar-refractivity contribution in [3.8, 4) is 0 Å². The number of amides is 2. The lowest BCUT2D eigenvalue weighted by Crippen LogP contribution is -2.53. The topological polar surface area (TPSA) is 149 Å². The Hall–Kier alpha value is -4.41. The summed E-state index contributed by atoms with van der Waals surface area (Å²) >= 11 is 0. The van der Waals surface area contributed by atoms with Crippen molar-refractivity contribution in [2.75, 3.05) is 13.1 Å². The van der Waals surface area contributed by atoms with Crippen LogP contribution in [0.5, 0.6) is 0 Å². The van der Waals surface area contributed by atoms with E-state index in [1.165, 1.54) is 29.2 Å². The normalized spacial score (nSPS) is 16.4. The Morgan fingerprint density at radius 2 is 1.32 bits per heavy atom. The van der Waals surface area contributed by atoms with Crippen LogP contribution in [0.4, 0.5) is 4.79 Å². The number of likely N-dealkylation sites (tertiary alicyclic amines) is 1. The largest absolute Gasteiger partial charge is 0.478 e. The van der Waals surface area contributed by atoms with E-state index in [0.29, 0.717) is 13.0 Å². The number of ether oxygens (including phenoxy) is 3. The van der Waals surface area contributed by atoms with E-state index in [2.05, 4.69) is 5.32 Å². The molecule has 3 rings (SSSR count). The van der Waals surface area contributed by atoms with E-state index in [1.807, 2.05) is 13.8 Å². The van der Waals surface area contributed by atoms with Gasteiger partial charge in [-0.25, -0.2) is 19.2 Å². The molecule has 2 unspecified atom stereocenters. The van der Waals surface area contributed by atoms with Crippen molar-refractivity contribution in [3.63, 3.8) is 0 Å². The molecular formula is C29H34N2O9. The number of hydrogen-bond acceptors (Lipinski definition) is 8. The van der Waals surface area contributed by atoms with Crippen LogP contribution in [0.2, 0.25) is 0 Å². The molecular weight excluding hydrogens is 520 g/mol. The lowest BCUT2D eigenvalue weighted by molar-refractivity contribution is -0.159. The first-order chi connectivity index (χ1) is 18.7. The maximum absolute atomic E-state index is 13.4. The number of aryl methyl sites for hydroxylation is 2. The zero-order valence-corrected chi connectivity index (χ0v) is 23.1. The Morgan fingerprint density at radius 3 is 1.77 bits per heavy atom. The third kappa shape index (κ3) is 8.29. The minimum Gasteiger partial charge on any atom is -0.478 e. The van der Waals surface area contributed by atoms with Crippen molar-refractivity contribution in [3.05, 3.63) is 70.8 Å². The minimum atomic E-state index is -2.15. The van der Waals surface area contributed by atoms with Gasteiger partial charge in [0.1, 0.15) is 5.60 Å². The van der Waals surface area contributed by atoms with Crippen molar-refractivity contribution in [1.29, 1.82) is 0 Å². The van der Waals surface area contributed by atoms with Gasteiger partial charge < -0.3 is 29.5 Å². The smallest absolute Gasteiger partial charge is 0.410 e. The summed E-state index contributed by atoms with van der Waals surface area (Å²) in [7, 11) is 0. The number of carboxylic acid groups (broad SMARTS) is 1. The molecule has 1 aliphatic rings. The van der Waals surface area contributed by atoms with E-state index >= 15 is 0 Å². The fourth-order valence-electron chi connectivity index (χ4n) is 3.89. The van der Waals surface area contributed by atoms with Crippen LogP contribution in [0, 0.1) is 13.8 Å². The second-order valence-electron chi connectivity index (χ2n) is 10.6. The van der Waals surface area contributed by atoms with Gasteiger partial charge in [-0.2, -0.15) is 0 Å². The number of rotatable bonds is 8. The molecule has 40 heavy (non-hydrogen) atoms. The average Bonchev–Trinajstić information content (AvgIpc) is 3.34. The second-order valence-corrected chi connectivity index (χ2v) is 10.6. The van der Waals surface area contributed by atoms with E-state index in [4.69, 9.17) is 14.2 Å². The summed E-state index contributed by atoms with van der Waals surface area (Å²) in [5.74, 6) is -4.65. The number of nitrogens with one attached hydrogen (secondary N) is 1. The van der Waals surface area contributed by atoms with Crippen LogP contribution in [-0.4, -0.2) is 76.9 Å². The zero-order chi connectivity index (χ0) is 29.6. The number of benzene rings is 2. The fourth-order valence-corrected chi connectivity index (χ4v) is 3.89. The number of carbonyl (C=O) groups excluding carboxylic acids is 4. The van der Waals surface area contributed by atoms with Gasteiger partial charge in [0.05, 0.1) is 11.1 Å². The SMILES string of the molecule is Cc1ccc(C(=O)OC(C(=O)O)C(OC(=O)c2ccc(C)cc2)C(=O)N[C@H]2CCN(C(=O)OC(C)(C)C)C2)cc1. The van der Waals surface area contributed by atoms with Gasteiger partial charge in [-0.1, -0.05) is 35.4 Å². The summed E-state index contributed by atoms with van der Waals surface area (Å²) in [4.78, 5) is 65.1. The van der Waals surface area contributed by atoms with E-state index in [9.17, 15) is 29.1 Å². The van der Waals surface area contributed by atoms with Crippen LogP contribution in [-0.2, 0) is 23.8 Å². The van der Waals surface area contributed by atoms with Crippen molar-refractivity contribution in [1.82, 2.24) is 10.2 Å². The first-order valence-electron chi connectivity index (χ1n) is 12.8. The summed E-state index contributed by atoms with van der Waals surface area (Å²) in [6, 6.07) is 11.9. The molecule has 0 spiro atoms. The zero-order valence-electron chi connectivity index (χ0n) is 23.1. The summed E-state index contributed by atoms with van der Waals surface area (Å²) < 4.78 is 15.9. The highest BCUT2D eigenvalue weighted by Crippen LogP contribution is 2.18. The molecule has 1 aliphatic heterocycles. The highest BCUT2D eigenvalue weighted by atomic mass is 16.6. The van der Waals surface area contributed by atoms with E-state index < -0.39 is 53.8 Å². The minimum absolute atomic E-state index is 0.0599. The first-order valence-corrected chi connectivity index (χ1v) is 12.8. The molecule has 1 fully saturated rings. The molecule has 2 aromatic rings. The van der Waals surface area contributed by atoms with Crippen molar-refractivity contribution < 1.29 is 43.3 Å². The molecule has 0 radical (unpaired) electrons. The predicted molar refractivity (Wildman–Crippen MR) is 143 cm³/mol. The van der Waals surface area contributed by atoms with Crippen LogP contribution in [0.25, 0.3) is 0 Å². The highest BCUT2D eigenvalue weighted by molar-refractivity contribution is 5.97. The third-order valence-corrected chi connectivity index (χ3v) is 6.01. The number of aliphatic carboxylic acids is 1. The Morgan fingerprint density at radius 1 is 0.850 bits per heavy atom. The molecule has 0 aromatic heterocycles. The molecule has 11 heteroatoms. The maximum Gasteiger partial charge on any atom is 0.410 e. The van der Waals surface area contributed by atoms with Crippen molar-refractivity contribution in [2.24, 2.45) is 0 Å². The van der Waals surface area contributed by atoms with Gasteiger partial charge in [0.15, 0.2) is 0 Å². The molecule has 11 nitrogen and oxygen atoms in total. The standard InChI is InChI=1S/C29H34N2O9/c1-17-6-10-19(11-7-17)26(35)38-22(23(25(33)34)39-27(36)20-12-8-18(2)9-13-20)24(32)30-21-14-15-31(16-21)28(37)40-29(3,4)5/h6-13,21-23H,14-16H2,1-5H3,(H,30,32)(H,33,34)/t21-,22?,23?/m0/s1. The molecule has 2 amide bonds. The summed E-state index contributed by atoms with van der Waals surface area (Å²) in [5, 5.41) is 12.5. The van der Waals surface area contributed by atoms with Crippen LogP contribution < -0.4 is 5.32 Å². The molecule has 0 saturated carbocycles. The van der Waals surface area contributed by atoms with Crippen LogP contribution in [0.1, 0.15) is 59.0 Å². The lowest BCUT2D eigenvalue weighted by atomic mass is 10.1. The van der Waals surface area contributed by atoms with Gasteiger partial charge in [-0.3, -0.25) is 4.79 Å². The lowest BCUT2D eigenvalue weighted by Gasteiger charge is -2.26. The summed E-state index contributed by atoms with van der Waals surface area (Å²) in [6.45, 7) is 9.22. The first kappa shape index (κ1) is 30.1. The molecule has 3 atom stereocenters. The second kappa shape index (κ2) is 12.6. The molecule has 1 heterocycles. The maximum atomic E-state index is 13.4. The highest BCUT2D eigenvalue weighted by Gasteiger charge is 2.42. The number of hydrogen-bond donors (Lipinski definition) is 2. The number of nitrogens with zero attached hydrogens (tertiary/aromatic N) is 1. The number of carboxylic acids is 1. The quantitative estimate of drug-likeness (QED) is 0.370. The van der Waals surface area contributed by atoms with Gasteiger partial charge in [0.2, 0.25) is 12.2 Å². The van der Waals surface area contributed by atoms with Crippen molar-refractivity contribution in [2.45, 2.75) is 64.9 Å². The van der Waals surface area contributed by atoms with E-state index in [0.717, 1.165) is 11.1 Å². The van der Waals surface area contributed by atoms with Crippen LogP contribution in [0.15, 0.2) is 48.5 Å². The van der Waals surface area contributed by atoms with E-state index in [1.54, 1.807) is 45.0 Å². The Bertz CT molecular complexity index is 1250. The van der Waals surface area contributed by atoms with Gasteiger partial charge in [0, 0.05) is 19.1 Å². The van der Waals surface area contributed by atoms with Crippen molar-refractivity contribution >= 4 is 29.9 Å². The van der Waals surface area contributed by atoms with Crippen LogP contribution >= 0.6 is 0 Å². The van der Waals surface area contributed by atoms with Gasteiger partial charge in [-0.15, -0.1) is 0 Å². The molecule has 0 bridgehead atoms. The Labute approximate surface area is 232 Å². The molecule has 2 aromatic carbocycles. The van der Waals surface area contributed by atoms with E-state index in [-0.39, 0.29) is 17.7 Å². The van der Waals surface area contributed by atoms with Gasteiger partial charge in [-0.05, 0) is 65.3 Å². The van der Waals surface area contributed by atoms with Gasteiger partial charge >= 0.3 is 24.0 Å². The number of esters is 2. The molecule has 1 saturated heterocycles. The van der Waals surface area contributed by atoms with Crippen LogP contribution in [0.3, 0.4) is 0 Å². The molecule has 214 valence electrons. The van der Waals surface area contributed by atoms with Gasteiger partial charge in [0.25, 0.3) is 5.91 Å². The Balaban J connectivity index is 1.81. The number of carbonyl (C=O) groups is 5. The Kier molecular flexibility index (Phi) is 9.51. The molecule has 2 N–H and O–H groups in total.